The van der Waals surface area contributed by atoms with Crippen LogP contribution in [-0.2, 0) is 16.9 Å². The van der Waals surface area contributed by atoms with Crippen molar-refractivity contribution in [3.63, 3.8) is 0 Å². The minimum Gasteiger partial charge on any atom is -0.317 e. The summed E-state index contributed by atoms with van der Waals surface area (Å²) in [5.74, 6) is 2.00. The number of nitrogens with zero attached hydrogens (tertiary/aromatic N) is 3. The molecule has 1 aromatic carbocycles. The Bertz CT molecular complexity index is 769. The molecule has 0 bridgehead atoms. The Morgan fingerprint density at radius 1 is 1.21 bits per heavy atom. The van der Waals surface area contributed by atoms with Crippen LogP contribution in [0.15, 0.2) is 40.4 Å². The molecule has 0 spiro atoms. The van der Waals surface area contributed by atoms with Crippen molar-refractivity contribution in [2.24, 2.45) is 7.05 Å². The molecule has 1 aromatic heterocycles. The van der Waals surface area contributed by atoms with Gasteiger partial charge in [0.25, 0.3) is 0 Å². The molecule has 1 aliphatic heterocycles. The second-order valence-corrected chi connectivity index (χ2v) is 9.08. The number of aromatic nitrogens is 3. The Morgan fingerprint density at radius 3 is 2.62 bits per heavy atom. The Morgan fingerprint density at radius 2 is 1.92 bits per heavy atom. The zero-order valence-corrected chi connectivity index (χ0v) is 15.3. The minimum absolute atomic E-state index is 0.0945. The van der Waals surface area contributed by atoms with Crippen LogP contribution in [0.5, 0.6) is 0 Å². The fraction of sp³-hybridized carbons (Fsp3) is 0.500. The summed E-state index contributed by atoms with van der Waals surface area (Å²) in [6.07, 6.45) is 2.14. The molecule has 1 aliphatic rings. The number of sulfone groups is 1. The van der Waals surface area contributed by atoms with Crippen molar-refractivity contribution in [1.82, 2.24) is 20.1 Å². The van der Waals surface area contributed by atoms with Crippen LogP contribution < -0.4 is 5.32 Å². The quantitative estimate of drug-likeness (QED) is 0.786. The number of hydrogen-bond acceptors (Lipinski definition) is 6. The van der Waals surface area contributed by atoms with Crippen LogP contribution >= 0.6 is 11.8 Å². The van der Waals surface area contributed by atoms with E-state index in [4.69, 9.17) is 0 Å². The highest BCUT2D eigenvalue weighted by molar-refractivity contribution is 8.00. The first-order chi connectivity index (χ1) is 11.6. The average Bonchev–Trinajstić information content (AvgIpc) is 2.97. The largest absolute Gasteiger partial charge is 0.317 e. The first-order valence-corrected chi connectivity index (χ1v) is 10.7. The lowest BCUT2D eigenvalue weighted by Gasteiger charge is -2.21. The van der Waals surface area contributed by atoms with E-state index in [-0.39, 0.29) is 5.75 Å². The maximum Gasteiger partial charge on any atom is 0.190 e. The van der Waals surface area contributed by atoms with E-state index in [1.54, 1.807) is 24.3 Å². The molecule has 6 nitrogen and oxygen atoms in total. The van der Waals surface area contributed by atoms with Gasteiger partial charge in [0.1, 0.15) is 5.82 Å². The van der Waals surface area contributed by atoms with E-state index >= 15 is 0 Å². The van der Waals surface area contributed by atoms with E-state index in [9.17, 15) is 8.42 Å². The van der Waals surface area contributed by atoms with Gasteiger partial charge in [-0.15, -0.1) is 10.2 Å². The van der Waals surface area contributed by atoms with Crippen molar-refractivity contribution in [3.05, 3.63) is 36.2 Å². The number of piperidine rings is 1. The van der Waals surface area contributed by atoms with Gasteiger partial charge >= 0.3 is 0 Å². The third kappa shape index (κ3) is 3.99. The first kappa shape index (κ1) is 17.4. The summed E-state index contributed by atoms with van der Waals surface area (Å²) in [6.45, 7) is 2.02. The van der Waals surface area contributed by atoms with E-state index in [2.05, 4.69) is 15.5 Å². The molecule has 0 aliphatic carbocycles. The lowest BCUT2D eigenvalue weighted by atomic mass is 9.97. The highest BCUT2D eigenvalue weighted by Crippen LogP contribution is 2.26. The average molecular weight is 367 g/mol. The summed E-state index contributed by atoms with van der Waals surface area (Å²) in [5, 5.41) is 12.7. The fourth-order valence-corrected chi connectivity index (χ4v) is 5.46. The molecule has 8 heteroatoms. The van der Waals surface area contributed by atoms with Crippen LogP contribution in [-0.4, -0.2) is 47.8 Å². The molecule has 0 atom stereocenters. The van der Waals surface area contributed by atoms with Crippen molar-refractivity contribution in [2.75, 3.05) is 24.6 Å². The molecule has 0 unspecified atom stereocenters. The van der Waals surface area contributed by atoms with Crippen molar-refractivity contribution < 1.29 is 8.42 Å². The zero-order valence-electron chi connectivity index (χ0n) is 13.7. The van der Waals surface area contributed by atoms with Crippen LogP contribution in [0.2, 0.25) is 0 Å². The normalized spacial score (nSPS) is 16.4. The highest BCUT2D eigenvalue weighted by Gasteiger charge is 2.22. The molecule has 1 N–H and O–H groups in total. The van der Waals surface area contributed by atoms with E-state index in [1.165, 1.54) is 11.8 Å². The first-order valence-electron chi connectivity index (χ1n) is 8.08. The van der Waals surface area contributed by atoms with Gasteiger partial charge in [0.05, 0.1) is 10.6 Å². The summed E-state index contributed by atoms with van der Waals surface area (Å²) >= 11 is 1.45. The van der Waals surface area contributed by atoms with Crippen molar-refractivity contribution in [3.8, 4) is 0 Å². The van der Waals surface area contributed by atoms with Crippen molar-refractivity contribution in [1.29, 1.82) is 0 Å². The van der Waals surface area contributed by atoms with Gasteiger partial charge in [0.2, 0.25) is 0 Å². The molecule has 1 saturated heterocycles. The van der Waals surface area contributed by atoms with Crippen molar-refractivity contribution >= 4 is 21.6 Å². The second-order valence-electron chi connectivity index (χ2n) is 5.90. The van der Waals surface area contributed by atoms with Crippen molar-refractivity contribution in [2.45, 2.75) is 28.8 Å². The van der Waals surface area contributed by atoms with Crippen LogP contribution in [0.3, 0.4) is 0 Å². The topological polar surface area (TPSA) is 76.9 Å². The van der Waals surface area contributed by atoms with Gasteiger partial charge in [0, 0.05) is 18.7 Å². The number of benzene rings is 1. The van der Waals surface area contributed by atoms with E-state index < -0.39 is 9.84 Å². The molecule has 1 fully saturated rings. The molecular weight excluding hydrogens is 344 g/mol. The molecule has 130 valence electrons. The Labute approximate surface area is 147 Å². The van der Waals surface area contributed by atoms with E-state index in [0.717, 1.165) is 36.9 Å². The van der Waals surface area contributed by atoms with Crippen LogP contribution in [0.25, 0.3) is 0 Å². The molecule has 3 rings (SSSR count). The molecule has 2 heterocycles. The minimum atomic E-state index is -3.24. The molecule has 24 heavy (non-hydrogen) atoms. The molecule has 0 radical (unpaired) electrons. The highest BCUT2D eigenvalue weighted by atomic mass is 32.2. The summed E-state index contributed by atoms with van der Waals surface area (Å²) in [4.78, 5) is 0.374. The predicted octanol–water partition coefficient (Wildman–Crippen LogP) is 1.85. The zero-order chi connectivity index (χ0) is 17.0. The molecular formula is C16H22N4O2S2. The van der Waals surface area contributed by atoms with Crippen LogP contribution in [0, 0.1) is 0 Å². The maximum atomic E-state index is 12.3. The monoisotopic (exact) mass is 366 g/mol. The second kappa shape index (κ2) is 7.67. The standard InChI is InChI=1S/C16H22N4O2S2/c1-20-15(13-7-9-17-10-8-13)18-19-16(20)23-11-12-24(21,22)14-5-3-2-4-6-14/h2-6,13,17H,7-12H2,1H3. The smallest absolute Gasteiger partial charge is 0.190 e. The molecule has 0 saturated carbocycles. The van der Waals surface area contributed by atoms with Crippen LogP contribution in [0.1, 0.15) is 24.6 Å². The van der Waals surface area contributed by atoms with Gasteiger partial charge in [-0.05, 0) is 38.1 Å². The third-order valence-electron chi connectivity index (χ3n) is 4.26. The Kier molecular flexibility index (Phi) is 5.57. The SMILES string of the molecule is Cn1c(SCCS(=O)(=O)c2ccccc2)nnc1C1CCNCC1. The molecule has 2 aromatic rings. The fourth-order valence-electron chi connectivity index (χ4n) is 2.88. The Balaban J connectivity index is 1.60. The number of nitrogens with one attached hydrogen (secondary N) is 1. The number of thioether (sulfide) groups is 1. The predicted molar refractivity (Wildman–Crippen MR) is 95.1 cm³/mol. The van der Waals surface area contributed by atoms with E-state index in [1.807, 2.05) is 17.7 Å². The lowest BCUT2D eigenvalue weighted by Crippen LogP contribution is -2.27. The maximum absolute atomic E-state index is 12.3. The lowest BCUT2D eigenvalue weighted by molar-refractivity contribution is 0.434. The summed E-state index contributed by atoms with van der Waals surface area (Å²) in [7, 11) is -1.28. The van der Waals surface area contributed by atoms with Crippen LogP contribution in [0.4, 0.5) is 0 Å². The van der Waals surface area contributed by atoms with Gasteiger partial charge < -0.3 is 9.88 Å². The van der Waals surface area contributed by atoms with Gasteiger partial charge in [-0.3, -0.25) is 0 Å². The summed E-state index contributed by atoms with van der Waals surface area (Å²) < 4.78 is 26.6. The van der Waals surface area contributed by atoms with E-state index in [0.29, 0.717) is 16.6 Å². The van der Waals surface area contributed by atoms with Gasteiger partial charge in [0.15, 0.2) is 15.0 Å². The van der Waals surface area contributed by atoms with Gasteiger partial charge in [-0.2, -0.15) is 0 Å². The summed E-state index contributed by atoms with van der Waals surface area (Å²) in [5.41, 5.74) is 0. The van der Waals surface area contributed by atoms with Gasteiger partial charge in [-0.1, -0.05) is 30.0 Å². The number of rotatable bonds is 6. The van der Waals surface area contributed by atoms with Gasteiger partial charge in [-0.25, -0.2) is 8.42 Å². The number of hydrogen-bond donors (Lipinski definition) is 1. The summed E-state index contributed by atoms with van der Waals surface area (Å²) in [6, 6.07) is 8.58. The third-order valence-corrected chi connectivity index (χ3v) is 7.27. The Hall–Kier alpha value is -1.38. The molecule has 0 amide bonds.